The van der Waals surface area contributed by atoms with Gasteiger partial charge in [0.2, 0.25) is 5.78 Å². The molecule has 2 aromatic heterocycles. The van der Waals surface area contributed by atoms with E-state index in [-0.39, 0.29) is 10.8 Å². The Kier molecular flexibility index (Phi) is 6.04. The molecule has 0 amide bonds. The fourth-order valence-corrected chi connectivity index (χ4v) is 3.30. The van der Waals surface area contributed by atoms with Crippen LogP contribution in [0.2, 0.25) is 10.0 Å². The first-order valence-electron chi connectivity index (χ1n) is 7.81. The van der Waals surface area contributed by atoms with Crippen molar-refractivity contribution in [3.05, 3.63) is 88.6 Å². The molecule has 3 aromatic rings. The SMILES string of the molecule is O=C(c1ccc(Cl)cc1Cl)[C@@H](C(=S)NCc1ccco1)[n+]1ccccc1. The third kappa shape index (κ3) is 4.30. The lowest BCUT2D eigenvalue weighted by Gasteiger charge is -2.15. The van der Waals surface area contributed by atoms with Gasteiger partial charge in [-0.2, -0.15) is 4.57 Å². The van der Waals surface area contributed by atoms with E-state index in [0.29, 0.717) is 22.1 Å². The van der Waals surface area contributed by atoms with E-state index in [0.717, 1.165) is 5.76 Å². The van der Waals surface area contributed by atoms with Crippen molar-refractivity contribution in [1.82, 2.24) is 5.32 Å². The van der Waals surface area contributed by atoms with Crippen molar-refractivity contribution in [2.24, 2.45) is 0 Å². The van der Waals surface area contributed by atoms with Gasteiger partial charge in [0, 0.05) is 22.7 Å². The van der Waals surface area contributed by atoms with Crippen LogP contribution in [-0.2, 0) is 6.54 Å². The summed E-state index contributed by atoms with van der Waals surface area (Å²) < 4.78 is 7.04. The zero-order chi connectivity index (χ0) is 18.5. The Morgan fingerprint density at radius 3 is 2.58 bits per heavy atom. The number of thiocarbonyl (C=S) groups is 1. The second-order valence-electron chi connectivity index (χ2n) is 5.51. The van der Waals surface area contributed by atoms with E-state index >= 15 is 0 Å². The molecule has 0 spiro atoms. The predicted molar refractivity (Wildman–Crippen MR) is 105 cm³/mol. The van der Waals surface area contributed by atoms with Crippen LogP contribution in [0.25, 0.3) is 0 Å². The molecule has 4 nitrogen and oxygen atoms in total. The van der Waals surface area contributed by atoms with E-state index in [1.807, 2.05) is 24.3 Å². The number of nitrogens with zero attached hydrogens (tertiary/aromatic N) is 1. The molecule has 0 saturated heterocycles. The van der Waals surface area contributed by atoms with Crippen molar-refractivity contribution < 1.29 is 13.8 Å². The lowest BCUT2D eigenvalue weighted by Crippen LogP contribution is -2.51. The number of pyridine rings is 1. The fraction of sp³-hybridized carbons (Fsp3) is 0.105. The number of aromatic nitrogens is 1. The quantitative estimate of drug-likeness (QED) is 0.374. The Hall–Kier alpha value is -2.21. The average molecular weight is 406 g/mol. The van der Waals surface area contributed by atoms with Gasteiger partial charge in [-0.3, -0.25) is 4.79 Å². The summed E-state index contributed by atoms with van der Waals surface area (Å²) in [5.74, 6) is 0.501. The van der Waals surface area contributed by atoms with Crippen LogP contribution in [0.5, 0.6) is 0 Å². The van der Waals surface area contributed by atoms with Crippen molar-refractivity contribution in [2.45, 2.75) is 12.6 Å². The molecule has 0 radical (unpaired) electrons. The van der Waals surface area contributed by atoms with E-state index in [1.165, 1.54) is 0 Å². The molecular weight excluding hydrogens is 391 g/mol. The number of nitrogens with one attached hydrogen (secondary N) is 1. The van der Waals surface area contributed by atoms with Gasteiger partial charge in [0.1, 0.15) is 5.76 Å². The maximum absolute atomic E-state index is 13.2. The zero-order valence-electron chi connectivity index (χ0n) is 13.6. The summed E-state index contributed by atoms with van der Waals surface area (Å²) in [4.78, 5) is 13.6. The van der Waals surface area contributed by atoms with E-state index in [2.05, 4.69) is 5.32 Å². The van der Waals surface area contributed by atoms with Crippen LogP contribution in [0, 0.1) is 0 Å². The Balaban J connectivity index is 1.90. The Morgan fingerprint density at radius 2 is 1.92 bits per heavy atom. The van der Waals surface area contributed by atoms with E-state index in [4.69, 9.17) is 39.8 Å². The van der Waals surface area contributed by atoms with Crippen molar-refractivity contribution in [3.63, 3.8) is 0 Å². The minimum absolute atomic E-state index is 0.222. The number of hydrogen-bond donors (Lipinski definition) is 1. The van der Waals surface area contributed by atoms with Crippen LogP contribution in [0.15, 0.2) is 71.6 Å². The molecule has 0 saturated carbocycles. The average Bonchev–Trinajstić information content (AvgIpc) is 3.14. The topological polar surface area (TPSA) is 46.1 Å². The molecule has 0 aliphatic heterocycles. The van der Waals surface area contributed by atoms with Gasteiger partial charge in [0.05, 0.1) is 17.8 Å². The van der Waals surface area contributed by atoms with Gasteiger partial charge in [-0.1, -0.05) is 41.5 Å². The molecule has 1 N–H and O–H groups in total. The Morgan fingerprint density at radius 1 is 1.15 bits per heavy atom. The van der Waals surface area contributed by atoms with Gasteiger partial charge >= 0.3 is 0 Å². The van der Waals surface area contributed by atoms with Crippen LogP contribution >= 0.6 is 35.4 Å². The second kappa shape index (κ2) is 8.45. The summed E-state index contributed by atoms with van der Waals surface area (Å²) in [5.41, 5.74) is 0.361. The van der Waals surface area contributed by atoms with Crippen LogP contribution in [0.4, 0.5) is 0 Å². The van der Waals surface area contributed by atoms with E-state index in [9.17, 15) is 4.79 Å². The first kappa shape index (κ1) is 18.6. The monoisotopic (exact) mass is 405 g/mol. The molecule has 26 heavy (non-hydrogen) atoms. The number of hydrogen-bond acceptors (Lipinski definition) is 3. The lowest BCUT2D eigenvalue weighted by molar-refractivity contribution is -0.692. The van der Waals surface area contributed by atoms with Crippen molar-refractivity contribution in [2.75, 3.05) is 0 Å². The summed E-state index contributed by atoms with van der Waals surface area (Å²) in [5, 5.41) is 3.85. The van der Waals surface area contributed by atoms with Gasteiger partial charge in [0.25, 0.3) is 6.04 Å². The zero-order valence-corrected chi connectivity index (χ0v) is 15.9. The lowest BCUT2D eigenvalue weighted by atomic mass is 10.0. The molecule has 3 rings (SSSR count). The summed E-state index contributed by atoms with van der Waals surface area (Å²) in [7, 11) is 0. The summed E-state index contributed by atoms with van der Waals surface area (Å²) in [6.07, 6.45) is 5.16. The summed E-state index contributed by atoms with van der Waals surface area (Å²) in [6.45, 7) is 0.386. The number of benzene rings is 1. The molecule has 1 atom stereocenters. The maximum Gasteiger partial charge on any atom is 0.270 e. The molecule has 0 aliphatic rings. The van der Waals surface area contributed by atoms with Gasteiger partial charge in [-0.25, -0.2) is 0 Å². The second-order valence-corrected chi connectivity index (χ2v) is 6.79. The van der Waals surface area contributed by atoms with Crippen molar-refractivity contribution >= 4 is 46.2 Å². The Bertz CT molecular complexity index is 915. The highest BCUT2D eigenvalue weighted by atomic mass is 35.5. The third-order valence-electron chi connectivity index (χ3n) is 3.75. The predicted octanol–water partition coefficient (Wildman–Crippen LogP) is 4.42. The molecule has 7 heteroatoms. The number of ketones is 1. The number of carbonyl (C=O) groups excluding carboxylic acids is 1. The molecule has 2 heterocycles. The third-order valence-corrected chi connectivity index (χ3v) is 4.66. The first-order valence-corrected chi connectivity index (χ1v) is 8.98. The molecule has 0 fully saturated rings. The van der Waals surface area contributed by atoms with Crippen LogP contribution in [0.1, 0.15) is 22.2 Å². The minimum Gasteiger partial charge on any atom is -0.467 e. The van der Waals surface area contributed by atoms with Crippen LogP contribution in [-0.4, -0.2) is 10.8 Å². The van der Waals surface area contributed by atoms with E-state index in [1.54, 1.807) is 47.5 Å². The van der Waals surface area contributed by atoms with Gasteiger partial charge in [0.15, 0.2) is 17.4 Å². The van der Waals surface area contributed by atoms with Gasteiger partial charge < -0.3 is 9.73 Å². The highest BCUT2D eigenvalue weighted by molar-refractivity contribution is 7.80. The summed E-state index contributed by atoms with van der Waals surface area (Å²) in [6, 6.07) is 13.2. The highest BCUT2D eigenvalue weighted by Crippen LogP contribution is 2.24. The molecule has 0 bridgehead atoms. The van der Waals surface area contributed by atoms with Crippen molar-refractivity contribution in [3.8, 4) is 0 Å². The fourth-order valence-electron chi connectivity index (χ4n) is 2.49. The van der Waals surface area contributed by atoms with E-state index < -0.39 is 6.04 Å². The van der Waals surface area contributed by atoms with Crippen molar-refractivity contribution in [1.29, 1.82) is 0 Å². The molecule has 0 unspecified atom stereocenters. The van der Waals surface area contributed by atoms with Crippen LogP contribution in [0.3, 0.4) is 0 Å². The first-order chi connectivity index (χ1) is 12.6. The number of carbonyl (C=O) groups is 1. The summed E-state index contributed by atoms with van der Waals surface area (Å²) >= 11 is 17.7. The maximum atomic E-state index is 13.2. The van der Waals surface area contributed by atoms with Gasteiger partial charge in [-0.15, -0.1) is 0 Å². The number of furan rings is 1. The van der Waals surface area contributed by atoms with Crippen LogP contribution < -0.4 is 9.88 Å². The number of halogens is 2. The molecule has 1 aromatic carbocycles. The highest BCUT2D eigenvalue weighted by Gasteiger charge is 2.34. The standard InChI is InChI=1S/C19H14Cl2N2O2S/c20-13-6-7-15(16(21)11-13)18(24)17(23-8-2-1-3-9-23)19(26)22-12-14-5-4-10-25-14/h1-11,17H,12H2/p+1/t17-/m0/s1. The Labute approximate surface area is 166 Å². The largest absolute Gasteiger partial charge is 0.467 e. The molecular formula is C19H15Cl2N2O2S+. The molecule has 0 aliphatic carbocycles. The molecule has 132 valence electrons. The smallest absolute Gasteiger partial charge is 0.270 e. The normalized spacial score (nSPS) is 11.8. The van der Waals surface area contributed by atoms with Gasteiger partial charge in [-0.05, 0) is 30.3 Å². The number of Topliss-reactive ketones (excluding diaryl/α,β-unsaturated/α-hetero) is 1. The number of rotatable bonds is 6. The minimum atomic E-state index is -0.736.